The topological polar surface area (TPSA) is 107 Å². The number of hydrogen-bond acceptors (Lipinski definition) is 3. The molecule has 1 aromatic carbocycles. The van der Waals surface area contributed by atoms with Gasteiger partial charge in [-0.2, -0.15) is 0 Å². The van der Waals surface area contributed by atoms with Crippen molar-refractivity contribution in [1.29, 1.82) is 0 Å². The monoisotopic (exact) mass is 448 g/mol. The molecule has 1 heterocycles. The summed E-state index contributed by atoms with van der Waals surface area (Å²) in [5.74, 6) is 1.03. The van der Waals surface area contributed by atoms with Crippen LogP contribution in [0, 0.1) is 11.8 Å². The molecule has 1 fully saturated rings. The van der Waals surface area contributed by atoms with Crippen LogP contribution < -0.4 is 10.6 Å². The molecular weight excluding hydrogens is 424 g/mol. The SMILES string of the molecule is O=C(O)NCC1CCC(C(=O)N[C@@H](Cc2ccccc2)c2ncc(Br)[nH]2)CC1. The van der Waals surface area contributed by atoms with Crippen LogP contribution in [0.15, 0.2) is 41.1 Å². The van der Waals surface area contributed by atoms with Gasteiger partial charge in [0.2, 0.25) is 5.91 Å². The molecule has 1 aliphatic rings. The molecule has 0 radical (unpaired) electrons. The molecule has 0 bridgehead atoms. The van der Waals surface area contributed by atoms with Crippen LogP contribution in [0.4, 0.5) is 4.79 Å². The number of hydrogen-bond donors (Lipinski definition) is 4. The van der Waals surface area contributed by atoms with E-state index in [-0.39, 0.29) is 17.9 Å². The Kier molecular flexibility index (Phi) is 7.08. The van der Waals surface area contributed by atoms with E-state index in [1.807, 2.05) is 30.3 Å². The summed E-state index contributed by atoms with van der Waals surface area (Å²) in [6, 6.07) is 9.79. The van der Waals surface area contributed by atoms with Crippen molar-refractivity contribution >= 4 is 27.9 Å². The molecule has 1 aromatic heterocycles. The van der Waals surface area contributed by atoms with Gasteiger partial charge in [-0.3, -0.25) is 4.79 Å². The third kappa shape index (κ3) is 5.82. The number of halogens is 1. The normalized spacial score (nSPS) is 20.3. The van der Waals surface area contributed by atoms with Crippen LogP contribution in [0.3, 0.4) is 0 Å². The van der Waals surface area contributed by atoms with Crippen molar-refractivity contribution in [2.75, 3.05) is 6.54 Å². The van der Waals surface area contributed by atoms with Crippen molar-refractivity contribution in [2.45, 2.75) is 38.1 Å². The molecule has 1 saturated carbocycles. The highest BCUT2D eigenvalue weighted by molar-refractivity contribution is 9.10. The molecule has 28 heavy (non-hydrogen) atoms. The molecule has 0 saturated heterocycles. The highest BCUT2D eigenvalue weighted by Crippen LogP contribution is 2.29. The Morgan fingerprint density at radius 2 is 1.93 bits per heavy atom. The quantitative estimate of drug-likeness (QED) is 0.518. The van der Waals surface area contributed by atoms with Gasteiger partial charge in [0.15, 0.2) is 0 Å². The molecule has 2 amide bonds. The lowest BCUT2D eigenvalue weighted by molar-refractivity contribution is -0.127. The van der Waals surface area contributed by atoms with Gasteiger partial charge < -0.3 is 20.7 Å². The summed E-state index contributed by atoms with van der Waals surface area (Å²) in [6.45, 7) is 0.459. The molecule has 0 aliphatic heterocycles. The molecule has 2 aromatic rings. The molecular formula is C20H25BrN4O3. The largest absolute Gasteiger partial charge is 0.465 e. The second kappa shape index (κ2) is 9.73. The van der Waals surface area contributed by atoms with E-state index >= 15 is 0 Å². The van der Waals surface area contributed by atoms with Gasteiger partial charge in [0.25, 0.3) is 0 Å². The van der Waals surface area contributed by atoms with Gasteiger partial charge in [-0.05, 0) is 59.5 Å². The number of carboxylic acid groups (broad SMARTS) is 1. The zero-order valence-electron chi connectivity index (χ0n) is 15.5. The van der Waals surface area contributed by atoms with Gasteiger partial charge in [0.1, 0.15) is 10.4 Å². The second-order valence-corrected chi connectivity index (χ2v) is 8.13. The Morgan fingerprint density at radius 1 is 1.21 bits per heavy atom. The summed E-state index contributed by atoms with van der Waals surface area (Å²) in [5.41, 5.74) is 1.13. The molecule has 7 nitrogen and oxygen atoms in total. The summed E-state index contributed by atoms with van der Waals surface area (Å²) in [5, 5.41) is 14.3. The number of carbonyl (C=O) groups excluding carboxylic acids is 1. The fraction of sp³-hybridized carbons (Fsp3) is 0.450. The predicted octanol–water partition coefficient (Wildman–Crippen LogP) is 3.65. The van der Waals surface area contributed by atoms with E-state index in [1.165, 1.54) is 0 Å². The minimum Gasteiger partial charge on any atom is -0.465 e. The smallest absolute Gasteiger partial charge is 0.404 e. The minimum atomic E-state index is -0.992. The summed E-state index contributed by atoms with van der Waals surface area (Å²) in [7, 11) is 0. The maximum Gasteiger partial charge on any atom is 0.404 e. The number of nitrogens with zero attached hydrogens (tertiary/aromatic N) is 1. The van der Waals surface area contributed by atoms with Gasteiger partial charge in [0, 0.05) is 12.5 Å². The lowest BCUT2D eigenvalue weighted by atomic mass is 9.81. The Morgan fingerprint density at radius 3 is 2.54 bits per heavy atom. The number of aromatic nitrogens is 2. The third-order valence-corrected chi connectivity index (χ3v) is 5.66. The average Bonchev–Trinajstić information content (AvgIpc) is 3.13. The van der Waals surface area contributed by atoms with Crippen LogP contribution in [0.1, 0.15) is 43.1 Å². The number of carbonyl (C=O) groups is 2. The first-order chi connectivity index (χ1) is 13.5. The summed E-state index contributed by atoms with van der Waals surface area (Å²) < 4.78 is 0.779. The zero-order chi connectivity index (χ0) is 19.9. The van der Waals surface area contributed by atoms with Crippen LogP contribution in [0.25, 0.3) is 0 Å². The van der Waals surface area contributed by atoms with E-state index < -0.39 is 6.09 Å². The number of rotatable bonds is 7. The maximum atomic E-state index is 12.9. The van der Waals surface area contributed by atoms with Crippen LogP contribution >= 0.6 is 15.9 Å². The lowest BCUT2D eigenvalue weighted by Gasteiger charge is -2.29. The van der Waals surface area contributed by atoms with Gasteiger partial charge in [-0.25, -0.2) is 9.78 Å². The second-order valence-electron chi connectivity index (χ2n) is 7.27. The highest BCUT2D eigenvalue weighted by Gasteiger charge is 2.28. The van der Waals surface area contributed by atoms with Crippen LogP contribution in [-0.4, -0.2) is 33.6 Å². The molecule has 150 valence electrons. The number of amides is 2. The summed E-state index contributed by atoms with van der Waals surface area (Å²) >= 11 is 3.38. The first kappa shape index (κ1) is 20.4. The minimum absolute atomic E-state index is 0.0399. The van der Waals surface area contributed by atoms with Crippen molar-refractivity contribution in [3.8, 4) is 0 Å². The molecule has 0 unspecified atom stereocenters. The van der Waals surface area contributed by atoms with Gasteiger partial charge in [0.05, 0.1) is 12.2 Å². The predicted molar refractivity (Wildman–Crippen MR) is 109 cm³/mol. The Balaban J connectivity index is 1.59. The number of imidazole rings is 1. The molecule has 1 atom stereocenters. The average molecular weight is 449 g/mol. The standard InChI is InChI=1S/C20H25BrN4O3/c21-17-12-22-18(25-17)16(10-13-4-2-1-3-5-13)24-19(26)15-8-6-14(7-9-15)11-23-20(27)28/h1-5,12,14-16,23H,6-11H2,(H,22,25)(H,24,26)(H,27,28)/t14?,15?,16-/m0/s1. The van der Waals surface area contributed by atoms with Crippen molar-refractivity contribution in [1.82, 2.24) is 20.6 Å². The molecule has 0 spiro atoms. The fourth-order valence-corrected chi connectivity index (χ4v) is 4.01. The number of nitrogens with one attached hydrogen (secondary N) is 3. The van der Waals surface area contributed by atoms with Crippen LogP contribution in [0.5, 0.6) is 0 Å². The van der Waals surface area contributed by atoms with Crippen molar-refractivity contribution < 1.29 is 14.7 Å². The lowest BCUT2D eigenvalue weighted by Crippen LogP contribution is -2.38. The number of benzene rings is 1. The summed E-state index contributed by atoms with van der Waals surface area (Å²) in [6.07, 6.45) is 4.62. The van der Waals surface area contributed by atoms with E-state index in [0.717, 1.165) is 41.7 Å². The Hall–Kier alpha value is -2.35. The Bertz CT molecular complexity index is 788. The summed E-state index contributed by atoms with van der Waals surface area (Å²) in [4.78, 5) is 31.1. The fourth-order valence-electron chi connectivity index (χ4n) is 3.71. The van der Waals surface area contributed by atoms with E-state index in [1.54, 1.807) is 6.20 Å². The van der Waals surface area contributed by atoms with Gasteiger partial charge >= 0.3 is 6.09 Å². The van der Waals surface area contributed by atoms with Crippen molar-refractivity contribution in [2.24, 2.45) is 11.8 Å². The first-order valence-corrected chi connectivity index (χ1v) is 10.3. The van der Waals surface area contributed by atoms with E-state index in [2.05, 4.69) is 36.5 Å². The van der Waals surface area contributed by atoms with Crippen molar-refractivity contribution in [3.05, 3.63) is 52.5 Å². The maximum absolute atomic E-state index is 12.9. The zero-order valence-corrected chi connectivity index (χ0v) is 17.1. The van der Waals surface area contributed by atoms with Crippen molar-refractivity contribution in [3.63, 3.8) is 0 Å². The van der Waals surface area contributed by atoms with E-state index in [0.29, 0.717) is 18.9 Å². The molecule has 8 heteroatoms. The number of aromatic amines is 1. The van der Waals surface area contributed by atoms with Crippen LogP contribution in [0.2, 0.25) is 0 Å². The van der Waals surface area contributed by atoms with E-state index in [4.69, 9.17) is 5.11 Å². The number of H-pyrrole nitrogens is 1. The van der Waals surface area contributed by atoms with Crippen LogP contribution in [-0.2, 0) is 11.2 Å². The van der Waals surface area contributed by atoms with Gasteiger partial charge in [-0.1, -0.05) is 30.3 Å². The third-order valence-electron chi connectivity index (χ3n) is 5.25. The Labute approximate surface area is 172 Å². The first-order valence-electron chi connectivity index (χ1n) is 9.52. The molecule has 3 rings (SSSR count). The molecule has 4 N–H and O–H groups in total. The highest BCUT2D eigenvalue weighted by atomic mass is 79.9. The van der Waals surface area contributed by atoms with E-state index in [9.17, 15) is 9.59 Å². The molecule has 1 aliphatic carbocycles. The van der Waals surface area contributed by atoms with Gasteiger partial charge in [-0.15, -0.1) is 0 Å².